The van der Waals surface area contributed by atoms with Crippen molar-refractivity contribution in [2.45, 2.75) is 25.1 Å². The molecule has 0 amide bonds. The van der Waals surface area contributed by atoms with Crippen molar-refractivity contribution in [3.63, 3.8) is 0 Å². The van der Waals surface area contributed by atoms with E-state index in [4.69, 9.17) is 0 Å². The van der Waals surface area contributed by atoms with Crippen molar-refractivity contribution >= 4 is 5.69 Å². The Hall–Kier alpha value is -1.23. The molecular formula is C12H15F3N2. The standard InChI is InChI=1S/C12H15F3N2/c13-12(14,15)9-2-1-3-11(8-9)17-7-6-16-10-4-5-10/h1-3,8,10,16-17H,4-7H2. The second-order valence-corrected chi connectivity index (χ2v) is 4.23. The molecule has 2 N–H and O–H groups in total. The number of rotatable bonds is 5. The van der Waals surface area contributed by atoms with E-state index in [0.29, 0.717) is 18.3 Å². The van der Waals surface area contributed by atoms with Gasteiger partial charge in [0.15, 0.2) is 0 Å². The maximum Gasteiger partial charge on any atom is 0.416 e. The number of hydrogen-bond donors (Lipinski definition) is 2. The molecule has 0 heterocycles. The summed E-state index contributed by atoms with van der Waals surface area (Å²) in [6.45, 7) is 1.42. The molecule has 5 heteroatoms. The maximum atomic E-state index is 12.4. The molecule has 1 aliphatic carbocycles. The average Bonchev–Trinajstić information content (AvgIpc) is 3.08. The maximum absolute atomic E-state index is 12.4. The van der Waals surface area contributed by atoms with Crippen LogP contribution in [0.3, 0.4) is 0 Å². The van der Waals surface area contributed by atoms with E-state index in [1.54, 1.807) is 6.07 Å². The van der Waals surface area contributed by atoms with Gasteiger partial charge in [-0.25, -0.2) is 0 Å². The molecule has 2 rings (SSSR count). The first kappa shape index (κ1) is 12.2. The van der Waals surface area contributed by atoms with Gasteiger partial charge in [0.2, 0.25) is 0 Å². The Labute approximate surface area is 98.2 Å². The minimum absolute atomic E-state index is 0.512. The number of anilines is 1. The Bertz CT molecular complexity index is 372. The predicted molar refractivity (Wildman–Crippen MR) is 61.0 cm³/mol. The summed E-state index contributed by atoms with van der Waals surface area (Å²) >= 11 is 0. The summed E-state index contributed by atoms with van der Waals surface area (Å²) in [4.78, 5) is 0. The third-order valence-corrected chi connectivity index (χ3v) is 2.65. The topological polar surface area (TPSA) is 24.1 Å². The van der Waals surface area contributed by atoms with E-state index >= 15 is 0 Å². The molecule has 0 aliphatic heterocycles. The summed E-state index contributed by atoms with van der Waals surface area (Å²) in [5.41, 5.74) is -0.102. The summed E-state index contributed by atoms with van der Waals surface area (Å²) in [6, 6.07) is 5.90. The first-order chi connectivity index (χ1) is 8.05. The van der Waals surface area contributed by atoms with E-state index in [9.17, 15) is 13.2 Å². The van der Waals surface area contributed by atoms with E-state index in [1.165, 1.54) is 18.9 Å². The van der Waals surface area contributed by atoms with E-state index in [1.807, 2.05) is 0 Å². The van der Waals surface area contributed by atoms with Crippen LogP contribution in [0.25, 0.3) is 0 Å². The molecule has 0 atom stereocenters. The van der Waals surface area contributed by atoms with Crippen molar-refractivity contribution in [3.8, 4) is 0 Å². The van der Waals surface area contributed by atoms with Gasteiger partial charge in [0.25, 0.3) is 0 Å². The fourth-order valence-electron chi connectivity index (χ4n) is 1.58. The van der Waals surface area contributed by atoms with Gasteiger partial charge in [-0.05, 0) is 31.0 Å². The molecule has 0 unspecified atom stereocenters. The van der Waals surface area contributed by atoms with Crippen LogP contribution in [0, 0.1) is 0 Å². The van der Waals surface area contributed by atoms with E-state index in [0.717, 1.165) is 18.7 Å². The smallest absolute Gasteiger partial charge is 0.384 e. The van der Waals surface area contributed by atoms with Gasteiger partial charge >= 0.3 is 6.18 Å². The van der Waals surface area contributed by atoms with Gasteiger partial charge in [-0.1, -0.05) is 6.07 Å². The van der Waals surface area contributed by atoms with Crippen LogP contribution >= 0.6 is 0 Å². The zero-order valence-corrected chi connectivity index (χ0v) is 9.35. The second kappa shape index (κ2) is 4.96. The fraction of sp³-hybridized carbons (Fsp3) is 0.500. The van der Waals surface area contributed by atoms with Crippen molar-refractivity contribution < 1.29 is 13.2 Å². The molecule has 17 heavy (non-hydrogen) atoms. The quantitative estimate of drug-likeness (QED) is 0.778. The summed E-state index contributed by atoms with van der Waals surface area (Å²) < 4.78 is 37.3. The van der Waals surface area contributed by atoms with Gasteiger partial charge in [0.1, 0.15) is 0 Å². The molecule has 0 saturated heterocycles. The number of alkyl halides is 3. The van der Waals surface area contributed by atoms with Gasteiger partial charge in [-0.15, -0.1) is 0 Å². The predicted octanol–water partition coefficient (Wildman–Crippen LogP) is 2.87. The lowest BCUT2D eigenvalue weighted by Gasteiger charge is -2.10. The van der Waals surface area contributed by atoms with Crippen LogP contribution in [-0.2, 0) is 6.18 Å². The van der Waals surface area contributed by atoms with Crippen molar-refractivity contribution in [3.05, 3.63) is 29.8 Å². The van der Waals surface area contributed by atoms with Crippen LogP contribution in [-0.4, -0.2) is 19.1 Å². The Balaban J connectivity index is 1.82. The Morgan fingerprint density at radius 2 is 1.94 bits per heavy atom. The minimum Gasteiger partial charge on any atom is -0.384 e. The van der Waals surface area contributed by atoms with E-state index in [-0.39, 0.29) is 0 Å². The fourth-order valence-corrected chi connectivity index (χ4v) is 1.58. The third-order valence-electron chi connectivity index (χ3n) is 2.65. The molecule has 0 spiro atoms. The SMILES string of the molecule is FC(F)(F)c1cccc(NCCNC2CC2)c1. The van der Waals surface area contributed by atoms with Crippen molar-refractivity contribution in [2.75, 3.05) is 18.4 Å². The number of benzene rings is 1. The van der Waals surface area contributed by atoms with Crippen molar-refractivity contribution in [1.82, 2.24) is 5.32 Å². The van der Waals surface area contributed by atoms with Gasteiger partial charge in [-0.3, -0.25) is 0 Å². The third kappa shape index (κ3) is 3.93. The molecular weight excluding hydrogens is 229 g/mol. The lowest BCUT2D eigenvalue weighted by atomic mass is 10.2. The number of halogens is 3. The Morgan fingerprint density at radius 1 is 1.18 bits per heavy atom. The van der Waals surface area contributed by atoms with Crippen LogP contribution < -0.4 is 10.6 Å². The molecule has 1 aliphatic rings. The summed E-state index contributed by atoms with van der Waals surface area (Å²) in [5.74, 6) is 0. The van der Waals surface area contributed by atoms with Gasteiger partial charge in [-0.2, -0.15) is 13.2 Å². The van der Waals surface area contributed by atoms with Crippen LogP contribution in [0.15, 0.2) is 24.3 Å². The summed E-state index contributed by atoms with van der Waals surface area (Å²) in [6.07, 6.45) is -1.85. The Kier molecular flexibility index (Phi) is 3.57. The van der Waals surface area contributed by atoms with E-state index < -0.39 is 11.7 Å². The Morgan fingerprint density at radius 3 is 2.59 bits per heavy atom. The molecule has 1 aromatic rings. The molecule has 94 valence electrons. The molecule has 1 aromatic carbocycles. The first-order valence-electron chi connectivity index (χ1n) is 5.70. The summed E-state index contributed by atoms with van der Waals surface area (Å²) in [7, 11) is 0. The van der Waals surface area contributed by atoms with Crippen molar-refractivity contribution in [2.24, 2.45) is 0 Å². The molecule has 0 radical (unpaired) electrons. The molecule has 0 bridgehead atoms. The van der Waals surface area contributed by atoms with E-state index in [2.05, 4.69) is 10.6 Å². The molecule has 2 nitrogen and oxygen atoms in total. The number of nitrogens with one attached hydrogen (secondary N) is 2. The lowest BCUT2D eigenvalue weighted by molar-refractivity contribution is -0.137. The van der Waals surface area contributed by atoms with Crippen LogP contribution in [0.2, 0.25) is 0 Å². The minimum atomic E-state index is -4.27. The van der Waals surface area contributed by atoms with Crippen LogP contribution in [0.4, 0.5) is 18.9 Å². The lowest BCUT2D eigenvalue weighted by Crippen LogP contribution is -2.24. The van der Waals surface area contributed by atoms with Crippen LogP contribution in [0.5, 0.6) is 0 Å². The highest BCUT2D eigenvalue weighted by molar-refractivity contribution is 5.46. The van der Waals surface area contributed by atoms with Gasteiger partial charge in [0, 0.05) is 24.8 Å². The average molecular weight is 244 g/mol. The zero-order valence-electron chi connectivity index (χ0n) is 9.35. The van der Waals surface area contributed by atoms with Gasteiger partial charge < -0.3 is 10.6 Å². The second-order valence-electron chi connectivity index (χ2n) is 4.23. The van der Waals surface area contributed by atoms with Crippen molar-refractivity contribution in [1.29, 1.82) is 0 Å². The van der Waals surface area contributed by atoms with Crippen LogP contribution in [0.1, 0.15) is 18.4 Å². The molecule has 0 aromatic heterocycles. The molecule has 1 fully saturated rings. The highest BCUT2D eigenvalue weighted by atomic mass is 19.4. The number of hydrogen-bond acceptors (Lipinski definition) is 2. The normalized spacial score (nSPS) is 15.9. The monoisotopic (exact) mass is 244 g/mol. The highest BCUT2D eigenvalue weighted by Crippen LogP contribution is 2.30. The summed E-state index contributed by atoms with van der Waals surface area (Å²) in [5, 5.41) is 6.26. The first-order valence-corrected chi connectivity index (χ1v) is 5.70. The molecule has 1 saturated carbocycles. The van der Waals surface area contributed by atoms with Gasteiger partial charge in [0.05, 0.1) is 5.56 Å². The largest absolute Gasteiger partial charge is 0.416 e. The zero-order chi connectivity index (χ0) is 12.3. The highest BCUT2D eigenvalue weighted by Gasteiger charge is 2.30.